The van der Waals surface area contributed by atoms with Crippen molar-refractivity contribution in [2.75, 3.05) is 20.2 Å². The lowest BCUT2D eigenvalue weighted by atomic mass is 9.97. The summed E-state index contributed by atoms with van der Waals surface area (Å²) >= 11 is 0. The second kappa shape index (κ2) is 6.44. The number of methoxy groups -OCH3 is 1. The molecule has 5 heteroatoms. The van der Waals surface area contributed by atoms with Gasteiger partial charge in [-0.2, -0.15) is 5.10 Å². The number of hydrogen-bond acceptors (Lipinski definition) is 3. The number of likely N-dealkylation sites (tertiary alicyclic amines) is 1. The minimum atomic E-state index is 0.176. The minimum Gasteiger partial charge on any atom is -0.496 e. The maximum absolute atomic E-state index is 12.6. The third-order valence-corrected chi connectivity index (χ3v) is 4.73. The van der Waals surface area contributed by atoms with Crippen molar-refractivity contribution < 1.29 is 9.53 Å². The van der Waals surface area contributed by atoms with Gasteiger partial charge in [0.2, 0.25) is 5.91 Å². The van der Waals surface area contributed by atoms with E-state index in [1.54, 1.807) is 7.11 Å². The first kappa shape index (κ1) is 15.6. The molecular formula is C18H23N3O2. The van der Waals surface area contributed by atoms with Crippen LogP contribution in [0.25, 0.3) is 0 Å². The first-order valence-corrected chi connectivity index (χ1v) is 8.01. The number of carbonyl (C=O) groups is 1. The predicted molar refractivity (Wildman–Crippen MR) is 88.7 cm³/mol. The zero-order valence-electron chi connectivity index (χ0n) is 13.9. The van der Waals surface area contributed by atoms with Crippen molar-refractivity contribution in [3.05, 3.63) is 46.8 Å². The Morgan fingerprint density at radius 3 is 2.87 bits per heavy atom. The molecule has 0 bridgehead atoms. The topological polar surface area (TPSA) is 58.2 Å². The van der Waals surface area contributed by atoms with Gasteiger partial charge in [0, 0.05) is 30.3 Å². The molecule has 122 valence electrons. The average Bonchev–Trinajstić information content (AvgIpc) is 3.17. The zero-order chi connectivity index (χ0) is 16.4. The number of amides is 1. The number of nitrogens with one attached hydrogen (secondary N) is 1. The molecule has 0 radical (unpaired) electrons. The van der Waals surface area contributed by atoms with Crippen LogP contribution in [0.5, 0.6) is 5.75 Å². The predicted octanol–water partition coefficient (Wildman–Crippen LogP) is 2.59. The van der Waals surface area contributed by atoms with E-state index in [0.29, 0.717) is 12.3 Å². The van der Waals surface area contributed by atoms with Crippen LogP contribution in [0.4, 0.5) is 0 Å². The van der Waals surface area contributed by atoms with Crippen molar-refractivity contribution in [3.8, 4) is 5.75 Å². The molecule has 2 heterocycles. The molecule has 1 aliphatic rings. The van der Waals surface area contributed by atoms with Crippen molar-refractivity contribution in [2.45, 2.75) is 32.6 Å². The monoisotopic (exact) mass is 313 g/mol. The van der Waals surface area contributed by atoms with Crippen molar-refractivity contribution in [3.63, 3.8) is 0 Å². The number of rotatable bonds is 4. The van der Waals surface area contributed by atoms with Crippen LogP contribution in [0.15, 0.2) is 24.3 Å². The van der Waals surface area contributed by atoms with Gasteiger partial charge in [0.25, 0.3) is 0 Å². The highest BCUT2D eigenvalue weighted by Gasteiger charge is 2.29. The Morgan fingerprint density at radius 1 is 1.39 bits per heavy atom. The summed E-state index contributed by atoms with van der Waals surface area (Å²) in [4.78, 5) is 14.6. The highest BCUT2D eigenvalue weighted by Crippen LogP contribution is 2.33. The van der Waals surface area contributed by atoms with Gasteiger partial charge in [-0.3, -0.25) is 9.89 Å². The first-order chi connectivity index (χ1) is 11.1. The third kappa shape index (κ3) is 3.09. The van der Waals surface area contributed by atoms with Crippen LogP contribution in [-0.2, 0) is 11.2 Å². The van der Waals surface area contributed by atoms with E-state index in [0.717, 1.165) is 42.2 Å². The number of aromatic amines is 1. The van der Waals surface area contributed by atoms with Crippen LogP contribution in [0, 0.1) is 13.8 Å². The molecule has 1 aromatic heterocycles. The van der Waals surface area contributed by atoms with Gasteiger partial charge in [-0.1, -0.05) is 18.2 Å². The molecule has 5 nitrogen and oxygen atoms in total. The minimum absolute atomic E-state index is 0.176. The van der Waals surface area contributed by atoms with Gasteiger partial charge in [0.1, 0.15) is 5.75 Å². The fraction of sp³-hybridized carbons (Fsp3) is 0.444. The Bertz CT molecular complexity index is 689. The van der Waals surface area contributed by atoms with Crippen molar-refractivity contribution in [1.29, 1.82) is 0 Å². The molecular weight excluding hydrogens is 290 g/mol. The lowest BCUT2D eigenvalue weighted by Crippen LogP contribution is -2.30. The SMILES string of the molecule is COc1ccccc1C1CCN(C(=O)Cc2c(C)n[nH]c2C)C1. The lowest BCUT2D eigenvalue weighted by Gasteiger charge is -2.18. The number of hydrogen-bond donors (Lipinski definition) is 1. The zero-order valence-corrected chi connectivity index (χ0v) is 13.9. The quantitative estimate of drug-likeness (QED) is 0.944. The maximum Gasteiger partial charge on any atom is 0.227 e. The van der Waals surface area contributed by atoms with E-state index >= 15 is 0 Å². The Labute approximate surface area is 136 Å². The normalized spacial score (nSPS) is 17.5. The second-order valence-corrected chi connectivity index (χ2v) is 6.16. The number of H-pyrrole nitrogens is 1. The number of para-hydroxylation sites is 1. The van der Waals surface area contributed by atoms with E-state index in [4.69, 9.17) is 4.74 Å². The molecule has 0 saturated carbocycles. The molecule has 1 amide bonds. The first-order valence-electron chi connectivity index (χ1n) is 8.01. The van der Waals surface area contributed by atoms with E-state index in [1.165, 1.54) is 5.56 Å². The average molecular weight is 313 g/mol. The summed E-state index contributed by atoms with van der Waals surface area (Å²) in [6.45, 7) is 5.46. The van der Waals surface area contributed by atoms with Gasteiger partial charge < -0.3 is 9.64 Å². The number of benzene rings is 1. The Balaban J connectivity index is 1.69. The highest BCUT2D eigenvalue weighted by atomic mass is 16.5. The lowest BCUT2D eigenvalue weighted by molar-refractivity contribution is -0.129. The van der Waals surface area contributed by atoms with Gasteiger partial charge in [-0.05, 0) is 31.9 Å². The van der Waals surface area contributed by atoms with Gasteiger partial charge in [-0.15, -0.1) is 0 Å². The standard InChI is InChI=1S/C18H23N3O2/c1-12-16(13(2)20-19-12)10-18(22)21-9-8-14(11-21)15-6-4-5-7-17(15)23-3/h4-7,14H,8-11H2,1-3H3,(H,19,20). The smallest absolute Gasteiger partial charge is 0.227 e. The molecule has 23 heavy (non-hydrogen) atoms. The molecule has 1 saturated heterocycles. The van der Waals surface area contributed by atoms with Gasteiger partial charge in [0.05, 0.1) is 19.2 Å². The Hall–Kier alpha value is -2.30. The molecule has 1 aromatic carbocycles. The number of nitrogens with zero attached hydrogens (tertiary/aromatic N) is 2. The number of carbonyl (C=O) groups excluding carboxylic acids is 1. The second-order valence-electron chi connectivity index (χ2n) is 6.16. The van der Waals surface area contributed by atoms with Gasteiger partial charge in [-0.25, -0.2) is 0 Å². The maximum atomic E-state index is 12.6. The Kier molecular flexibility index (Phi) is 4.37. The van der Waals surface area contributed by atoms with E-state index in [-0.39, 0.29) is 5.91 Å². The Morgan fingerprint density at radius 2 is 2.17 bits per heavy atom. The van der Waals surface area contributed by atoms with E-state index in [2.05, 4.69) is 16.3 Å². The molecule has 1 N–H and O–H groups in total. The fourth-order valence-electron chi connectivity index (χ4n) is 3.34. The summed E-state index contributed by atoms with van der Waals surface area (Å²) in [7, 11) is 1.70. The molecule has 1 atom stereocenters. The largest absolute Gasteiger partial charge is 0.496 e. The molecule has 0 aliphatic carbocycles. The number of aromatic nitrogens is 2. The molecule has 2 aromatic rings. The van der Waals surface area contributed by atoms with Crippen molar-refractivity contribution in [1.82, 2.24) is 15.1 Å². The van der Waals surface area contributed by atoms with E-state index in [9.17, 15) is 4.79 Å². The molecule has 1 fully saturated rings. The summed E-state index contributed by atoms with van der Waals surface area (Å²) in [6.07, 6.45) is 1.41. The van der Waals surface area contributed by atoms with Gasteiger partial charge in [0.15, 0.2) is 0 Å². The molecule has 0 spiro atoms. The summed E-state index contributed by atoms with van der Waals surface area (Å²) in [5, 5.41) is 7.11. The molecule has 3 rings (SSSR count). The highest BCUT2D eigenvalue weighted by molar-refractivity contribution is 5.79. The summed E-state index contributed by atoms with van der Waals surface area (Å²) in [5.41, 5.74) is 4.12. The van der Waals surface area contributed by atoms with Crippen LogP contribution >= 0.6 is 0 Å². The van der Waals surface area contributed by atoms with Gasteiger partial charge >= 0.3 is 0 Å². The van der Waals surface area contributed by atoms with Crippen LogP contribution in [0.3, 0.4) is 0 Å². The summed E-state index contributed by atoms with van der Waals surface area (Å²) in [6, 6.07) is 8.09. The third-order valence-electron chi connectivity index (χ3n) is 4.73. The number of aryl methyl sites for hydroxylation is 2. The van der Waals surface area contributed by atoms with Crippen LogP contribution in [-0.4, -0.2) is 41.2 Å². The molecule has 1 unspecified atom stereocenters. The van der Waals surface area contributed by atoms with Crippen LogP contribution in [0.2, 0.25) is 0 Å². The van der Waals surface area contributed by atoms with Crippen LogP contribution < -0.4 is 4.74 Å². The number of ether oxygens (including phenoxy) is 1. The van der Waals surface area contributed by atoms with Crippen molar-refractivity contribution in [2.24, 2.45) is 0 Å². The summed E-state index contributed by atoms with van der Waals surface area (Å²) in [5.74, 6) is 1.44. The van der Waals surface area contributed by atoms with E-state index in [1.807, 2.05) is 36.9 Å². The summed E-state index contributed by atoms with van der Waals surface area (Å²) < 4.78 is 5.45. The van der Waals surface area contributed by atoms with Crippen molar-refractivity contribution >= 4 is 5.91 Å². The molecule has 1 aliphatic heterocycles. The van der Waals surface area contributed by atoms with E-state index < -0.39 is 0 Å². The fourth-order valence-corrected chi connectivity index (χ4v) is 3.34. The van der Waals surface area contributed by atoms with Crippen LogP contribution in [0.1, 0.15) is 34.9 Å².